The van der Waals surface area contributed by atoms with Crippen LogP contribution in [-0.2, 0) is 11.4 Å². The van der Waals surface area contributed by atoms with Crippen molar-refractivity contribution >= 4 is 23.2 Å². The van der Waals surface area contributed by atoms with Gasteiger partial charge in [-0.2, -0.15) is 0 Å². The van der Waals surface area contributed by atoms with Crippen molar-refractivity contribution in [2.45, 2.75) is 32.8 Å². The number of halogens is 1. The van der Waals surface area contributed by atoms with Crippen LogP contribution >= 0.6 is 11.6 Å². The normalized spacial score (nSPS) is 10.3. The number of nitrogens with one attached hydrogen (secondary N) is 2. The molecular formula is C20H25ClN2O2. The Morgan fingerprint density at radius 1 is 1.04 bits per heavy atom. The van der Waals surface area contributed by atoms with Crippen LogP contribution in [0.4, 0.5) is 5.69 Å². The van der Waals surface area contributed by atoms with Crippen molar-refractivity contribution in [3.05, 3.63) is 59.1 Å². The average molecular weight is 361 g/mol. The summed E-state index contributed by atoms with van der Waals surface area (Å²) >= 11 is 5.87. The molecule has 5 heteroatoms. The van der Waals surface area contributed by atoms with Gasteiger partial charge in [-0.1, -0.05) is 37.1 Å². The second-order valence-corrected chi connectivity index (χ2v) is 6.26. The Hall–Kier alpha value is -2.20. The van der Waals surface area contributed by atoms with Gasteiger partial charge >= 0.3 is 0 Å². The number of unbranched alkanes of at least 4 members (excludes halogenated alkanes) is 1. The number of carbonyl (C=O) groups excluding carboxylic acids is 1. The molecule has 0 bridgehead atoms. The summed E-state index contributed by atoms with van der Waals surface area (Å²) in [6, 6.07) is 15.3. The zero-order valence-corrected chi connectivity index (χ0v) is 15.3. The van der Waals surface area contributed by atoms with Crippen molar-refractivity contribution in [1.82, 2.24) is 5.32 Å². The first-order valence-corrected chi connectivity index (χ1v) is 9.03. The molecule has 0 fully saturated rings. The quantitative estimate of drug-likeness (QED) is 0.607. The van der Waals surface area contributed by atoms with E-state index < -0.39 is 0 Å². The Labute approximate surface area is 154 Å². The third-order valence-electron chi connectivity index (χ3n) is 3.71. The van der Waals surface area contributed by atoms with Crippen LogP contribution in [0, 0.1) is 0 Å². The number of carbonyl (C=O) groups is 1. The molecule has 2 aromatic carbocycles. The minimum absolute atomic E-state index is 0.0869. The fraction of sp³-hybridized carbons (Fsp3) is 0.350. The van der Waals surface area contributed by atoms with Gasteiger partial charge in [0.2, 0.25) is 5.91 Å². The number of ether oxygens (including phenoxy) is 1. The molecule has 0 spiro atoms. The topological polar surface area (TPSA) is 50.4 Å². The summed E-state index contributed by atoms with van der Waals surface area (Å²) in [6.45, 7) is 3.98. The lowest BCUT2D eigenvalue weighted by Crippen LogP contribution is -2.26. The molecule has 2 N–H and O–H groups in total. The highest BCUT2D eigenvalue weighted by Crippen LogP contribution is 2.17. The highest BCUT2D eigenvalue weighted by Gasteiger charge is 2.01. The third kappa shape index (κ3) is 7.48. The molecule has 4 nitrogen and oxygen atoms in total. The van der Waals surface area contributed by atoms with Crippen LogP contribution in [0.3, 0.4) is 0 Å². The van der Waals surface area contributed by atoms with Crippen molar-refractivity contribution in [2.75, 3.05) is 18.4 Å². The molecule has 0 aliphatic carbocycles. The lowest BCUT2D eigenvalue weighted by atomic mass is 10.2. The van der Waals surface area contributed by atoms with E-state index in [-0.39, 0.29) is 5.91 Å². The van der Waals surface area contributed by atoms with E-state index in [9.17, 15) is 4.79 Å². The van der Waals surface area contributed by atoms with Gasteiger partial charge in [0.15, 0.2) is 0 Å². The monoisotopic (exact) mass is 360 g/mol. The molecule has 0 unspecified atom stereocenters. The molecule has 1 amide bonds. The van der Waals surface area contributed by atoms with E-state index in [0.717, 1.165) is 41.4 Å². The fourth-order valence-electron chi connectivity index (χ4n) is 2.23. The summed E-state index contributed by atoms with van der Waals surface area (Å²) in [4.78, 5) is 11.6. The number of amides is 1. The van der Waals surface area contributed by atoms with Crippen molar-refractivity contribution < 1.29 is 9.53 Å². The van der Waals surface area contributed by atoms with Crippen LogP contribution in [0.5, 0.6) is 5.75 Å². The summed E-state index contributed by atoms with van der Waals surface area (Å²) in [6.07, 6.45) is 2.58. The molecule has 0 aliphatic heterocycles. The van der Waals surface area contributed by atoms with E-state index >= 15 is 0 Å². The van der Waals surface area contributed by atoms with Crippen LogP contribution in [-0.4, -0.2) is 19.0 Å². The minimum Gasteiger partial charge on any atom is -0.489 e. The van der Waals surface area contributed by atoms with Crippen molar-refractivity contribution in [2.24, 2.45) is 0 Å². The molecule has 0 aromatic heterocycles. The number of rotatable bonds is 10. The van der Waals surface area contributed by atoms with Gasteiger partial charge in [-0.15, -0.1) is 0 Å². The van der Waals surface area contributed by atoms with E-state index in [4.69, 9.17) is 16.3 Å². The van der Waals surface area contributed by atoms with Crippen molar-refractivity contribution in [1.29, 1.82) is 0 Å². The standard InChI is InChI=1S/C20H25ClN2O2/c1-2-3-13-23-20(24)12-14-22-18-8-10-19(11-9-18)25-15-16-4-6-17(21)7-5-16/h4-11,22H,2-3,12-15H2,1H3,(H,23,24). The van der Waals surface area contributed by atoms with Crippen LogP contribution in [0.15, 0.2) is 48.5 Å². The van der Waals surface area contributed by atoms with Gasteiger partial charge in [0.1, 0.15) is 12.4 Å². The predicted molar refractivity (Wildman–Crippen MR) is 103 cm³/mol. The van der Waals surface area contributed by atoms with Gasteiger partial charge in [0, 0.05) is 30.2 Å². The van der Waals surface area contributed by atoms with Crippen molar-refractivity contribution in [3.63, 3.8) is 0 Å². The van der Waals surface area contributed by atoms with E-state index in [1.165, 1.54) is 0 Å². The van der Waals surface area contributed by atoms with Gasteiger partial charge in [-0.05, 0) is 48.4 Å². The van der Waals surface area contributed by atoms with Crippen molar-refractivity contribution in [3.8, 4) is 5.75 Å². The third-order valence-corrected chi connectivity index (χ3v) is 3.96. The van der Waals surface area contributed by atoms with Crippen LogP contribution in [0.25, 0.3) is 0 Å². The number of hydrogen-bond donors (Lipinski definition) is 2. The predicted octanol–water partition coefficient (Wildman–Crippen LogP) is 4.64. The summed E-state index contributed by atoms with van der Waals surface area (Å²) in [5, 5.41) is 6.87. The van der Waals surface area contributed by atoms with Gasteiger partial charge in [-0.25, -0.2) is 0 Å². The van der Waals surface area contributed by atoms with E-state index in [2.05, 4.69) is 17.6 Å². The number of benzene rings is 2. The first-order chi connectivity index (χ1) is 12.2. The maximum absolute atomic E-state index is 11.6. The molecule has 0 saturated carbocycles. The number of anilines is 1. The lowest BCUT2D eigenvalue weighted by molar-refractivity contribution is -0.120. The van der Waals surface area contributed by atoms with E-state index in [1.54, 1.807) is 0 Å². The summed E-state index contributed by atoms with van der Waals surface area (Å²) in [5.74, 6) is 0.890. The highest BCUT2D eigenvalue weighted by molar-refractivity contribution is 6.30. The molecule has 134 valence electrons. The van der Waals surface area contributed by atoms with Crippen LogP contribution in [0.1, 0.15) is 31.7 Å². The first-order valence-electron chi connectivity index (χ1n) is 8.65. The molecule has 0 saturated heterocycles. The molecule has 2 rings (SSSR count). The summed E-state index contributed by atoms with van der Waals surface area (Å²) in [5.41, 5.74) is 2.04. The minimum atomic E-state index is 0.0869. The maximum atomic E-state index is 11.6. The second kappa shape index (κ2) is 10.6. The Morgan fingerprint density at radius 3 is 2.44 bits per heavy atom. The Bertz CT molecular complexity index is 642. The molecule has 25 heavy (non-hydrogen) atoms. The SMILES string of the molecule is CCCCNC(=O)CCNc1ccc(OCc2ccc(Cl)cc2)cc1. The zero-order chi connectivity index (χ0) is 17.9. The summed E-state index contributed by atoms with van der Waals surface area (Å²) in [7, 11) is 0. The van der Waals surface area contributed by atoms with Gasteiger partial charge in [0.05, 0.1) is 0 Å². The Kier molecular flexibility index (Phi) is 8.13. The molecule has 2 aromatic rings. The summed E-state index contributed by atoms with van der Waals surface area (Å²) < 4.78 is 5.75. The van der Waals surface area contributed by atoms with Gasteiger partial charge < -0.3 is 15.4 Å². The van der Waals surface area contributed by atoms with Crippen LogP contribution < -0.4 is 15.4 Å². The van der Waals surface area contributed by atoms with Gasteiger partial charge in [0.25, 0.3) is 0 Å². The smallest absolute Gasteiger partial charge is 0.221 e. The molecule has 0 atom stereocenters. The van der Waals surface area contributed by atoms with E-state index in [1.807, 2.05) is 48.5 Å². The largest absolute Gasteiger partial charge is 0.489 e. The fourth-order valence-corrected chi connectivity index (χ4v) is 2.36. The highest BCUT2D eigenvalue weighted by atomic mass is 35.5. The Morgan fingerprint density at radius 2 is 1.76 bits per heavy atom. The second-order valence-electron chi connectivity index (χ2n) is 5.82. The van der Waals surface area contributed by atoms with Gasteiger partial charge in [-0.3, -0.25) is 4.79 Å². The maximum Gasteiger partial charge on any atom is 0.221 e. The number of hydrogen-bond acceptors (Lipinski definition) is 3. The molecule has 0 aliphatic rings. The first kappa shape index (κ1) is 19.1. The van der Waals surface area contributed by atoms with Crippen LogP contribution in [0.2, 0.25) is 5.02 Å². The average Bonchev–Trinajstić information content (AvgIpc) is 2.62. The molecular weight excluding hydrogens is 336 g/mol. The molecule has 0 radical (unpaired) electrons. The van der Waals surface area contributed by atoms with E-state index in [0.29, 0.717) is 19.6 Å². The zero-order valence-electron chi connectivity index (χ0n) is 14.6. The molecule has 0 heterocycles. The Balaban J connectivity index is 1.69. The lowest BCUT2D eigenvalue weighted by Gasteiger charge is -2.09.